The van der Waals surface area contributed by atoms with Gasteiger partial charge in [0, 0.05) is 10.2 Å². The van der Waals surface area contributed by atoms with Crippen molar-refractivity contribution < 1.29 is 8.78 Å². The molecule has 2 nitrogen and oxygen atoms in total. The van der Waals surface area contributed by atoms with Crippen LogP contribution in [0.1, 0.15) is 0 Å². The van der Waals surface area contributed by atoms with Gasteiger partial charge in [-0.15, -0.1) is 0 Å². The number of rotatable bonds is 2. The average Bonchev–Trinajstić information content (AvgIpc) is 2.25. The maximum absolute atomic E-state index is 13.5. The van der Waals surface area contributed by atoms with Crippen molar-refractivity contribution in [3.8, 4) is 0 Å². The molecule has 2 aromatic rings. The van der Waals surface area contributed by atoms with Crippen molar-refractivity contribution in [3.05, 3.63) is 52.5 Å². The molecule has 0 saturated heterocycles. The summed E-state index contributed by atoms with van der Waals surface area (Å²) in [4.78, 5) is 0. The maximum Gasteiger partial charge on any atom is 0.151 e. The van der Waals surface area contributed by atoms with Crippen LogP contribution in [0.5, 0.6) is 0 Å². The summed E-state index contributed by atoms with van der Waals surface area (Å²) in [6.07, 6.45) is 0. The molecule has 2 aromatic carbocycles. The van der Waals surface area contributed by atoms with Gasteiger partial charge in [-0.05, 0) is 40.2 Å². The molecule has 0 fully saturated rings. The standard InChI is InChI=1S/C12H9BrF2N2/c13-8-3-1-2-4-11(8)17-12-9(14)5-7(16)6-10(12)15/h1-6,17H,16H2. The number of halogens is 3. The van der Waals surface area contributed by atoms with E-state index in [2.05, 4.69) is 21.2 Å². The second-order valence-corrected chi connectivity index (χ2v) is 4.32. The molecule has 0 amide bonds. The zero-order chi connectivity index (χ0) is 12.4. The van der Waals surface area contributed by atoms with Crippen LogP contribution >= 0.6 is 15.9 Å². The maximum atomic E-state index is 13.5. The molecule has 0 unspecified atom stereocenters. The Morgan fingerprint density at radius 1 is 1.06 bits per heavy atom. The highest BCUT2D eigenvalue weighted by Gasteiger charge is 2.11. The van der Waals surface area contributed by atoms with Crippen molar-refractivity contribution in [2.75, 3.05) is 11.1 Å². The van der Waals surface area contributed by atoms with Crippen molar-refractivity contribution in [1.82, 2.24) is 0 Å². The van der Waals surface area contributed by atoms with E-state index in [9.17, 15) is 8.78 Å². The average molecular weight is 299 g/mol. The van der Waals surface area contributed by atoms with Gasteiger partial charge in [0.15, 0.2) is 11.6 Å². The molecule has 0 heterocycles. The van der Waals surface area contributed by atoms with Crippen LogP contribution in [-0.2, 0) is 0 Å². The third kappa shape index (κ3) is 2.55. The van der Waals surface area contributed by atoms with Gasteiger partial charge in [0.25, 0.3) is 0 Å². The molecule has 0 aromatic heterocycles. The summed E-state index contributed by atoms with van der Waals surface area (Å²) in [5.74, 6) is -1.45. The molecule has 0 radical (unpaired) electrons. The summed E-state index contributed by atoms with van der Waals surface area (Å²) >= 11 is 3.29. The number of nitrogen functional groups attached to an aromatic ring is 1. The molecule has 5 heteroatoms. The fraction of sp³-hybridized carbons (Fsp3) is 0. The summed E-state index contributed by atoms with van der Waals surface area (Å²) in [5, 5.41) is 2.68. The molecule has 0 aliphatic carbocycles. The highest BCUT2D eigenvalue weighted by atomic mass is 79.9. The van der Waals surface area contributed by atoms with Crippen LogP contribution in [0.15, 0.2) is 40.9 Å². The monoisotopic (exact) mass is 298 g/mol. The molecule has 0 aliphatic rings. The van der Waals surface area contributed by atoms with Crippen LogP contribution in [0, 0.1) is 11.6 Å². The summed E-state index contributed by atoms with van der Waals surface area (Å²) in [6.45, 7) is 0. The molecule has 0 bridgehead atoms. The number of nitrogens with two attached hydrogens (primary N) is 1. The predicted molar refractivity (Wildman–Crippen MR) is 68.2 cm³/mol. The Morgan fingerprint density at radius 2 is 1.65 bits per heavy atom. The van der Waals surface area contributed by atoms with E-state index >= 15 is 0 Å². The van der Waals surface area contributed by atoms with E-state index in [1.165, 1.54) is 0 Å². The number of anilines is 3. The minimum absolute atomic E-state index is 0.0534. The molecule has 0 aliphatic heterocycles. The van der Waals surface area contributed by atoms with Crippen molar-refractivity contribution in [2.45, 2.75) is 0 Å². The Labute approximate surface area is 106 Å². The Bertz CT molecular complexity index is 535. The molecule has 0 atom stereocenters. The third-order valence-corrected chi connectivity index (χ3v) is 2.89. The lowest BCUT2D eigenvalue weighted by atomic mass is 10.2. The molecule has 3 N–H and O–H groups in total. The summed E-state index contributed by atoms with van der Waals surface area (Å²) in [7, 11) is 0. The van der Waals surface area contributed by atoms with E-state index in [0.717, 1.165) is 16.6 Å². The summed E-state index contributed by atoms with van der Waals surface area (Å²) in [5.41, 5.74) is 5.75. The molecule has 0 spiro atoms. The van der Waals surface area contributed by atoms with Gasteiger partial charge in [-0.25, -0.2) is 8.78 Å². The van der Waals surface area contributed by atoms with Gasteiger partial charge in [0.1, 0.15) is 5.69 Å². The zero-order valence-corrected chi connectivity index (χ0v) is 10.3. The first-order valence-electron chi connectivity index (χ1n) is 4.84. The van der Waals surface area contributed by atoms with Gasteiger partial charge in [-0.3, -0.25) is 0 Å². The fourth-order valence-corrected chi connectivity index (χ4v) is 1.79. The lowest BCUT2D eigenvalue weighted by Gasteiger charge is -2.10. The first-order valence-corrected chi connectivity index (χ1v) is 5.63. The highest BCUT2D eigenvalue weighted by molar-refractivity contribution is 9.10. The largest absolute Gasteiger partial charge is 0.399 e. The van der Waals surface area contributed by atoms with Gasteiger partial charge < -0.3 is 11.1 Å². The lowest BCUT2D eigenvalue weighted by molar-refractivity contribution is 0.592. The Balaban J connectivity index is 2.40. The van der Waals surface area contributed by atoms with Crippen LogP contribution in [0.4, 0.5) is 25.8 Å². The highest BCUT2D eigenvalue weighted by Crippen LogP contribution is 2.29. The van der Waals surface area contributed by atoms with Crippen LogP contribution in [-0.4, -0.2) is 0 Å². The second kappa shape index (κ2) is 4.71. The van der Waals surface area contributed by atoms with Gasteiger partial charge in [0.2, 0.25) is 0 Å². The topological polar surface area (TPSA) is 38.0 Å². The van der Waals surface area contributed by atoms with E-state index in [0.29, 0.717) is 5.69 Å². The number of hydrogen-bond donors (Lipinski definition) is 2. The van der Waals surface area contributed by atoms with E-state index < -0.39 is 11.6 Å². The number of benzene rings is 2. The molecule has 2 rings (SSSR count). The first kappa shape index (κ1) is 11.9. The Kier molecular flexibility index (Phi) is 3.28. The predicted octanol–water partition coefficient (Wildman–Crippen LogP) is 4.05. The van der Waals surface area contributed by atoms with Crippen molar-refractivity contribution in [2.24, 2.45) is 0 Å². The van der Waals surface area contributed by atoms with E-state index in [1.54, 1.807) is 18.2 Å². The van der Waals surface area contributed by atoms with E-state index in [4.69, 9.17) is 5.73 Å². The Hall–Kier alpha value is -1.62. The number of para-hydroxylation sites is 1. The minimum atomic E-state index is -0.724. The molecule has 17 heavy (non-hydrogen) atoms. The number of hydrogen-bond acceptors (Lipinski definition) is 2. The fourth-order valence-electron chi connectivity index (χ4n) is 1.41. The Morgan fingerprint density at radius 3 is 2.24 bits per heavy atom. The van der Waals surface area contributed by atoms with E-state index in [1.807, 2.05) is 6.07 Å². The second-order valence-electron chi connectivity index (χ2n) is 3.46. The van der Waals surface area contributed by atoms with Crippen molar-refractivity contribution in [1.29, 1.82) is 0 Å². The summed E-state index contributed by atoms with van der Waals surface area (Å²) < 4.78 is 27.8. The van der Waals surface area contributed by atoms with Crippen LogP contribution < -0.4 is 11.1 Å². The quantitative estimate of drug-likeness (QED) is 0.821. The van der Waals surface area contributed by atoms with Crippen molar-refractivity contribution in [3.63, 3.8) is 0 Å². The van der Waals surface area contributed by atoms with Crippen LogP contribution in [0.3, 0.4) is 0 Å². The van der Waals surface area contributed by atoms with Gasteiger partial charge in [-0.1, -0.05) is 12.1 Å². The van der Waals surface area contributed by atoms with Gasteiger partial charge in [-0.2, -0.15) is 0 Å². The zero-order valence-electron chi connectivity index (χ0n) is 8.68. The van der Waals surface area contributed by atoms with Gasteiger partial charge >= 0.3 is 0 Å². The third-order valence-electron chi connectivity index (χ3n) is 2.20. The number of nitrogens with one attached hydrogen (secondary N) is 1. The lowest BCUT2D eigenvalue weighted by Crippen LogP contribution is -2.00. The normalized spacial score (nSPS) is 10.3. The van der Waals surface area contributed by atoms with E-state index in [-0.39, 0.29) is 11.4 Å². The first-order chi connectivity index (χ1) is 8.08. The minimum Gasteiger partial charge on any atom is -0.399 e. The smallest absolute Gasteiger partial charge is 0.151 e. The molecular formula is C12H9BrF2N2. The van der Waals surface area contributed by atoms with Crippen molar-refractivity contribution >= 4 is 33.0 Å². The van der Waals surface area contributed by atoms with Crippen LogP contribution in [0.2, 0.25) is 0 Å². The van der Waals surface area contributed by atoms with Gasteiger partial charge in [0.05, 0.1) is 5.69 Å². The molecule has 0 saturated carbocycles. The SMILES string of the molecule is Nc1cc(F)c(Nc2ccccc2Br)c(F)c1. The van der Waals surface area contributed by atoms with Crippen LogP contribution in [0.25, 0.3) is 0 Å². The molecule has 88 valence electrons. The summed E-state index contributed by atoms with van der Waals surface area (Å²) in [6, 6.07) is 9.20. The molecular weight excluding hydrogens is 290 g/mol.